The summed E-state index contributed by atoms with van der Waals surface area (Å²) < 4.78 is 5.24. The fourth-order valence-corrected chi connectivity index (χ4v) is 3.19. The number of aromatic nitrogens is 3. The molecule has 2 heterocycles. The number of piperidine rings is 1. The molecule has 0 bridgehead atoms. The van der Waals surface area contributed by atoms with Crippen molar-refractivity contribution in [2.75, 3.05) is 49.4 Å². The van der Waals surface area contributed by atoms with Gasteiger partial charge in [-0.3, -0.25) is 0 Å². The molecule has 3 rings (SSSR count). The molecular formula is C19H26ClN7O2. The summed E-state index contributed by atoms with van der Waals surface area (Å²) >= 11 is 6.00. The summed E-state index contributed by atoms with van der Waals surface area (Å²) in [6.07, 6.45) is 3.48. The van der Waals surface area contributed by atoms with Crippen LogP contribution < -0.4 is 25.2 Å². The SMILES string of the molecule is COc1ccc(Cl)cc1NC(=O)NCc1nc(N(C)C)nc(N2CCCCC2)n1. The number of benzene rings is 1. The van der Waals surface area contributed by atoms with Gasteiger partial charge in [-0.1, -0.05) is 11.6 Å². The Morgan fingerprint density at radius 3 is 2.66 bits per heavy atom. The highest BCUT2D eigenvalue weighted by Gasteiger charge is 2.17. The van der Waals surface area contributed by atoms with E-state index < -0.39 is 6.03 Å². The van der Waals surface area contributed by atoms with Crippen LogP contribution in [0.3, 0.4) is 0 Å². The Bertz CT molecular complexity index is 856. The molecule has 1 saturated heterocycles. The normalized spacial score (nSPS) is 13.7. The van der Waals surface area contributed by atoms with Gasteiger partial charge in [0, 0.05) is 32.2 Å². The number of anilines is 3. The van der Waals surface area contributed by atoms with Gasteiger partial charge < -0.3 is 25.2 Å². The molecule has 0 aliphatic carbocycles. The Morgan fingerprint density at radius 2 is 1.97 bits per heavy atom. The fourth-order valence-electron chi connectivity index (χ4n) is 3.01. The number of carbonyl (C=O) groups excluding carboxylic acids is 1. The number of rotatable bonds is 6. The molecular weight excluding hydrogens is 394 g/mol. The van der Waals surface area contributed by atoms with Gasteiger partial charge in [0.05, 0.1) is 19.3 Å². The van der Waals surface area contributed by atoms with Crippen LogP contribution in [0, 0.1) is 0 Å². The van der Waals surface area contributed by atoms with Crippen molar-refractivity contribution in [2.24, 2.45) is 0 Å². The summed E-state index contributed by atoms with van der Waals surface area (Å²) in [5.74, 6) is 2.23. The van der Waals surface area contributed by atoms with Crippen LogP contribution in [-0.4, -0.2) is 55.3 Å². The molecule has 2 N–H and O–H groups in total. The summed E-state index contributed by atoms with van der Waals surface area (Å²) in [5, 5.41) is 6.01. The maximum Gasteiger partial charge on any atom is 0.319 e. The van der Waals surface area contributed by atoms with E-state index in [1.165, 1.54) is 13.5 Å². The molecule has 1 aliphatic rings. The molecule has 9 nitrogen and oxygen atoms in total. The number of ether oxygens (including phenoxy) is 1. The molecule has 2 aromatic rings. The molecule has 1 aliphatic heterocycles. The third kappa shape index (κ3) is 5.60. The molecule has 1 aromatic carbocycles. The van der Waals surface area contributed by atoms with Gasteiger partial charge in [0.1, 0.15) is 5.75 Å². The van der Waals surface area contributed by atoms with E-state index >= 15 is 0 Å². The van der Waals surface area contributed by atoms with E-state index in [0.29, 0.717) is 34.2 Å². The van der Waals surface area contributed by atoms with Crippen LogP contribution in [0.2, 0.25) is 5.02 Å². The number of methoxy groups -OCH3 is 1. The number of amides is 2. The Kier molecular flexibility index (Phi) is 6.92. The predicted molar refractivity (Wildman–Crippen MR) is 114 cm³/mol. The maximum absolute atomic E-state index is 12.4. The first-order chi connectivity index (χ1) is 14.0. The van der Waals surface area contributed by atoms with Crippen molar-refractivity contribution in [3.63, 3.8) is 0 Å². The van der Waals surface area contributed by atoms with Gasteiger partial charge in [0.15, 0.2) is 5.82 Å². The Labute approximate surface area is 175 Å². The highest BCUT2D eigenvalue weighted by Crippen LogP contribution is 2.27. The average molecular weight is 420 g/mol. The largest absolute Gasteiger partial charge is 0.495 e. The van der Waals surface area contributed by atoms with Crippen LogP contribution in [0.5, 0.6) is 5.75 Å². The molecule has 1 fully saturated rings. The predicted octanol–water partition coefficient (Wildman–Crippen LogP) is 2.91. The summed E-state index contributed by atoms with van der Waals surface area (Å²) in [5.41, 5.74) is 0.483. The second-order valence-electron chi connectivity index (χ2n) is 6.95. The van der Waals surface area contributed by atoms with Gasteiger partial charge in [-0.2, -0.15) is 15.0 Å². The number of nitrogens with one attached hydrogen (secondary N) is 2. The first kappa shape index (κ1) is 20.9. The minimum atomic E-state index is -0.406. The van der Waals surface area contributed by atoms with Crippen molar-refractivity contribution in [3.8, 4) is 5.75 Å². The topological polar surface area (TPSA) is 95.5 Å². The Morgan fingerprint density at radius 1 is 1.21 bits per heavy atom. The van der Waals surface area contributed by atoms with Crippen LogP contribution in [0.1, 0.15) is 25.1 Å². The Balaban J connectivity index is 1.70. The molecule has 0 saturated carbocycles. The zero-order valence-electron chi connectivity index (χ0n) is 16.9. The summed E-state index contributed by atoms with van der Waals surface area (Å²) in [6, 6.07) is 4.61. The third-order valence-corrected chi connectivity index (χ3v) is 4.75. The zero-order chi connectivity index (χ0) is 20.8. The molecule has 1 aromatic heterocycles. The summed E-state index contributed by atoms with van der Waals surface area (Å²) in [6.45, 7) is 2.02. The standard InChI is InChI=1S/C19H26ClN7O2/c1-26(2)17-23-16(24-18(25-17)27-9-5-4-6-10-27)12-21-19(28)22-14-11-13(20)7-8-15(14)29-3/h7-8,11H,4-6,9-10,12H2,1-3H3,(H2,21,22,28). The van der Waals surface area contributed by atoms with Crippen molar-refractivity contribution >= 4 is 35.2 Å². The number of hydrogen-bond acceptors (Lipinski definition) is 7. The van der Waals surface area contributed by atoms with Gasteiger partial charge in [0.2, 0.25) is 11.9 Å². The van der Waals surface area contributed by atoms with E-state index in [1.807, 2.05) is 19.0 Å². The lowest BCUT2D eigenvalue weighted by Gasteiger charge is -2.27. The Hall–Kier alpha value is -2.81. The molecule has 0 radical (unpaired) electrons. The van der Waals surface area contributed by atoms with Gasteiger partial charge in [0.25, 0.3) is 0 Å². The lowest BCUT2D eigenvalue weighted by molar-refractivity contribution is 0.251. The van der Waals surface area contributed by atoms with Gasteiger partial charge in [-0.25, -0.2) is 4.79 Å². The molecule has 2 amide bonds. The first-order valence-corrected chi connectivity index (χ1v) is 9.89. The van der Waals surface area contributed by atoms with Crippen LogP contribution in [0.4, 0.5) is 22.4 Å². The number of hydrogen-bond donors (Lipinski definition) is 2. The highest BCUT2D eigenvalue weighted by atomic mass is 35.5. The second kappa shape index (κ2) is 9.60. The monoisotopic (exact) mass is 419 g/mol. The molecule has 10 heteroatoms. The van der Waals surface area contributed by atoms with Crippen LogP contribution >= 0.6 is 11.6 Å². The molecule has 0 spiro atoms. The third-order valence-electron chi connectivity index (χ3n) is 4.51. The summed E-state index contributed by atoms with van der Waals surface area (Å²) in [7, 11) is 5.29. The molecule has 0 unspecified atom stereocenters. The molecule has 156 valence electrons. The van der Waals surface area contributed by atoms with E-state index in [-0.39, 0.29) is 6.54 Å². The smallest absolute Gasteiger partial charge is 0.319 e. The minimum Gasteiger partial charge on any atom is -0.495 e. The van der Waals surface area contributed by atoms with Gasteiger partial charge in [-0.05, 0) is 37.5 Å². The van der Waals surface area contributed by atoms with E-state index in [1.54, 1.807) is 18.2 Å². The lowest BCUT2D eigenvalue weighted by Crippen LogP contribution is -2.33. The highest BCUT2D eigenvalue weighted by molar-refractivity contribution is 6.31. The van der Waals surface area contributed by atoms with E-state index in [0.717, 1.165) is 25.9 Å². The number of carbonyl (C=O) groups is 1. The van der Waals surface area contributed by atoms with Crippen molar-refractivity contribution in [1.29, 1.82) is 0 Å². The minimum absolute atomic E-state index is 0.166. The van der Waals surface area contributed by atoms with E-state index in [9.17, 15) is 4.79 Å². The average Bonchev–Trinajstić information content (AvgIpc) is 2.73. The molecule has 29 heavy (non-hydrogen) atoms. The van der Waals surface area contributed by atoms with E-state index in [2.05, 4.69) is 30.5 Å². The number of urea groups is 1. The fraction of sp³-hybridized carbons (Fsp3) is 0.474. The number of nitrogens with zero attached hydrogens (tertiary/aromatic N) is 5. The van der Waals surface area contributed by atoms with Crippen LogP contribution in [-0.2, 0) is 6.54 Å². The van der Waals surface area contributed by atoms with Crippen LogP contribution in [0.25, 0.3) is 0 Å². The van der Waals surface area contributed by atoms with Crippen molar-refractivity contribution in [2.45, 2.75) is 25.8 Å². The van der Waals surface area contributed by atoms with Crippen molar-refractivity contribution < 1.29 is 9.53 Å². The van der Waals surface area contributed by atoms with Gasteiger partial charge >= 0.3 is 6.03 Å². The zero-order valence-corrected chi connectivity index (χ0v) is 17.7. The first-order valence-electron chi connectivity index (χ1n) is 9.52. The summed E-state index contributed by atoms with van der Waals surface area (Å²) in [4.78, 5) is 29.9. The van der Waals surface area contributed by atoms with Crippen molar-refractivity contribution in [3.05, 3.63) is 29.0 Å². The molecule has 0 atom stereocenters. The quantitative estimate of drug-likeness (QED) is 0.743. The van der Waals surface area contributed by atoms with Crippen LogP contribution in [0.15, 0.2) is 18.2 Å². The number of halogens is 1. The maximum atomic E-state index is 12.4. The lowest BCUT2D eigenvalue weighted by atomic mass is 10.1. The van der Waals surface area contributed by atoms with E-state index in [4.69, 9.17) is 16.3 Å². The van der Waals surface area contributed by atoms with Gasteiger partial charge in [-0.15, -0.1) is 0 Å². The van der Waals surface area contributed by atoms with Crippen molar-refractivity contribution in [1.82, 2.24) is 20.3 Å². The second-order valence-corrected chi connectivity index (χ2v) is 7.38.